The lowest BCUT2D eigenvalue weighted by Gasteiger charge is -2.31. The van der Waals surface area contributed by atoms with Gasteiger partial charge in [0.05, 0.1) is 5.92 Å². The molecule has 0 saturated carbocycles. The normalized spacial score (nSPS) is 20.4. The van der Waals surface area contributed by atoms with E-state index in [1.165, 1.54) is 12.1 Å². The van der Waals surface area contributed by atoms with Crippen molar-refractivity contribution in [3.63, 3.8) is 0 Å². The van der Waals surface area contributed by atoms with Gasteiger partial charge in [0, 0.05) is 19.6 Å². The summed E-state index contributed by atoms with van der Waals surface area (Å²) < 4.78 is 13.4. The number of hydrogen-bond acceptors (Lipinski definition) is 3. The number of hydrogen-bond donors (Lipinski definition) is 2. The van der Waals surface area contributed by atoms with Crippen LogP contribution in [0.3, 0.4) is 0 Å². The molecule has 0 aromatic heterocycles. The van der Waals surface area contributed by atoms with Crippen molar-refractivity contribution in [2.24, 2.45) is 17.4 Å². The standard InChI is InChI=1S/C14H20FN3O/c15-13-5-10(7-16)4-11(6-13)8-18-3-1-2-12(9-18)14(17)19/h4-6,12H,1-3,7-9,16H2,(H2,17,19). The molecule has 1 aromatic rings. The van der Waals surface area contributed by atoms with Crippen LogP contribution in [-0.4, -0.2) is 23.9 Å². The number of carbonyl (C=O) groups is 1. The molecule has 1 fully saturated rings. The van der Waals surface area contributed by atoms with Gasteiger partial charge in [0.2, 0.25) is 5.91 Å². The summed E-state index contributed by atoms with van der Waals surface area (Å²) in [5.74, 6) is -0.593. The first-order valence-corrected chi connectivity index (χ1v) is 6.58. The predicted octanol–water partition coefficient (Wildman–Crippen LogP) is 0.982. The predicted molar refractivity (Wildman–Crippen MR) is 71.5 cm³/mol. The van der Waals surface area contributed by atoms with Crippen LogP contribution in [0.4, 0.5) is 4.39 Å². The molecule has 0 aliphatic carbocycles. The summed E-state index contributed by atoms with van der Waals surface area (Å²) in [7, 11) is 0. The van der Waals surface area contributed by atoms with E-state index in [-0.39, 0.29) is 17.6 Å². The molecule has 4 N–H and O–H groups in total. The fourth-order valence-corrected chi connectivity index (χ4v) is 2.62. The maximum Gasteiger partial charge on any atom is 0.221 e. The van der Waals surface area contributed by atoms with Gasteiger partial charge in [0.25, 0.3) is 0 Å². The first kappa shape index (κ1) is 14.0. The van der Waals surface area contributed by atoms with E-state index in [1.807, 2.05) is 6.07 Å². The van der Waals surface area contributed by atoms with E-state index in [0.29, 0.717) is 19.6 Å². The summed E-state index contributed by atoms with van der Waals surface area (Å²) in [5, 5.41) is 0. The SMILES string of the molecule is NCc1cc(F)cc(CN2CCCC(C(N)=O)C2)c1. The molecule has 1 atom stereocenters. The van der Waals surface area contributed by atoms with Gasteiger partial charge in [-0.05, 0) is 42.6 Å². The molecule has 104 valence electrons. The Bertz CT molecular complexity index is 464. The van der Waals surface area contributed by atoms with Crippen LogP contribution < -0.4 is 11.5 Å². The Kier molecular flexibility index (Phi) is 4.50. The molecule has 5 heteroatoms. The van der Waals surface area contributed by atoms with E-state index in [0.717, 1.165) is 30.5 Å². The van der Waals surface area contributed by atoms with Gasteiger partial charge < -0.3 is 11.5 Å². The summed E-state index contributed by atoms with van der Waals surface area (Å²) in [4.78, 5) is 13.4. The number of likely N-dealkylation sites (tertiary alicyclic amines) is 1. The van der Waals surface area contributed by atoms with Crippen molar-refractivity contribution in [2.75, 3.05) is 13.1 Å². The fourth-order valence-electron chi connectivity index (χ4n) is 2.62. The lowest BCUT2D eigenvalue weighted by molar-refractivity contribution is -0.123. The second-order valence-corrected chi connectivity index (χ2v) is 5.15. The first-order chi connectivity index (χ1) is 9.08. The van der Waals surface area contributed by atoms with Crippen LogP contribution in [0.25, 0.3) is 0 Å². The van der Waals surface area contributed by atoms with E-state index in [1.54, 1.807) is 0 Å². The molecular formula is C14H20FN3O. The van der Waals surface area contributed by atoms with Crippen molar-refractivity contribution >= 4 is 5.91 Å². The Balaban J connectivity index is 2.04. The molecule has 19 heavy (non-hydrogen) atoms. The topological polar surface area (TPSA) is 72.3 Å². The maximum absolute atomic E-state index is 13.4. The molecule has 0 spiro atoms. The monoisotopic (exact) mass is 265 g/mol. The smallest absolute Gasteiger partial charge is 0.221 e. The Morgan fingerprint density at radius 1 is 1.37 bits per heavy atom. The van der Waals surface area contributed by atoms with Crippen molar-refractivity contribution in [3.8, 4) is 0 Å². The second kappa shape index (κ2) is 6.12. The summed E-state index contributed by atoms with van der Waals surface area (Å²) in [6.45, 7) is 2.53. The number of halogens is 1. The van der Waals surface area contributed by atoms with Crippen molar-refractivity contribution in [1.29, 1.82) is 0 Å². The molecule has 4 nitrogen and oxygen atoms in total. The molecule has 1 unspecified atom stereocenters. The highest BCUT2D eigenvalue weighted by Crippen LogP contribution is 2.19. The highest BCUT2D eigenvalue weighted by Gasteiger charge is 2.23. The van der Waals surface area contributed by atoms with Gasteiger partial charge in [-0.2, -0.15) is 0 Å². The highest BCUT2D eigenvalue weighted by atomic mass is 19.1. The third-order valence-corrected chi connectivity index (χ3v) is 3.57. The average molecular weight is 265 g/mol. The Labute approximate surface area is 112 Å². The average Bonchev–Trinajstić information content (AvgIpc) is 2.38. The molecular weight excluding hydrogens is 245 g/mol. The summed E-state index contributed by atoms with van der Waals surface area (Å²) in [6, 6.07) is 4.88. The van der Waals surface area contributed by atoms with E-state index in [2.05, 4.69) is 4.90 Å². The van der Waals surface area contributed by atoms with Crippen LogP contribution in [0, 0.1) is 11.7 Å². The number of primary amides is 1. The molecule has 1 aliphatic rings. The van der Waals surface area contributed by atoms with Crippen molar-refractivity contribution < 1.29 is 9.18 Å². The minimum absolute atomic E-state index is 0.0868. The zero-order valence-corrected chi connectivity index (χ0v) is 10.9. The molecule has 1 saturated heterocycles. The fraction of sp³-hybridized carbons (Fsp3) is 0.500. The molecule has 1 aromatic carbocycles. The van der Waals surface area contributed by atoms with Crippen molar-refractivity contribution in [1.82, 2.24) is 4.90 Å². The van der Waals surface area contributed by atoms with Crippen LogP contribution in [0.5, 0.6) is 0 Å². The molecule has 1 amide bonds. The molecule has 1 heterocycles. The quantitative estimate of drug-likeness (QED) is 0.852. The number of carbonyl (C=O) groups excluding carboxylic acids is 1. The second-order valence-electron chi connectivity index (χ2n) is 5.15. The van der Waals surface area contributed by atoms with Gasteiger partial charge in [-0.1, -0.05) is 6.07 Å². The molecule has 1 aliphatic heterocycles. The van der Waals surface area contributed by atoms with Crippen molar-refractivity contribution in [2.45, 2.75) is 25.9 Å². The summed E-state index contributed by atoms with van der Waals surface area (Å²) in [6.07, 6.45) is 1.80. The maximum atomic E-state index is 13.4. The zero-order valence-electron chi connectivity index (χ0n) is 10.9. The molecule has 0 radical (unpaired) electrons. The van der Waals surface area contributed by atoms with Gasteiger partial charge in [-0.3, -0.25) is 9.69 Å². The van der Waals surface area contributed by atoms with E-state index in [9.17, 15) is 9.18 Å². The largest absolute Gasteiger partial charge is 0.369 e. The van der Waals surface area contributed by atoms with Gasteiger partial charge in [0.15, 0.2) is 0 Å². The number of rotatable bonds is 4. The Morgan fingerprint density at radius 3 is 2.79 bits per heavy atom. The number of nitrogens with zero attached hydrogens (tertiary/aromatic N) is 1. The first-order valence-electron chi connectivity index (χ1n) is 6.58. The third kappa shape index (κ3) is 3.75. The lowest BCUT2D eigenvalue weighted by atomic mass is 9.97. The van der Waals surface area contributed by atoms with Crippen LogP contribution in [0.1, 0.15) is 24.0 Å². The Hall–Kier alpha value is -1.46. The zero-order chi connectivity index (χ0) is 13.8. The van der Waals surface area contributed by atoms with Crippen molar-refractivity contribution in [3.05, 3.63) is 35.1 Å². The Morgan fingerprint density at radius 2 is 2.11 bits per heavy atom. The number of benzene rings is 1. The van der Waals surface area contributed by atoms with Crippen LogP contribution in [0.15, 0.2) is 18.2 Å². The van der Waals surface area contributed by atoms with Gasteiger partial charge in [-0.15, -0.1) is 0 Å². The van der Waals surface area contributed by atoms with Crippen LogP contribution >= 0.6 is 0 Å². The van der Waals surface area contributed by atoms with Gasteiger partial charge >= 0.3 is 0 Å². The minimum Gasteiger partial charge on any atom is -0.369 e. The lowest BCUT2D eigenvalue weighted by Crippen LogP contribution is -2.40. The molecule has 0 bridgehead atoms. The van der Waals surface area contributed by atoms with Crippen LogP contribution in [-0.2, 0) is 17.9 Å². The third-order valence-electron chi connectivity index (χ3n) is 3.57. The van der Waals surface area contributed by atoms with Gasteiger partial charge in [-0.25, -0.2) is 4.39 Å². The van der Waals surface area contributed by atoms with E-state index in [4.69, 9.17) is 11.5 Å². The number of amides is 1. The summed E-state index contributed by atoms with van der Waals surface area (Å²) >= 11 is 0. The minimum atomic E-state index is -0.263. The number of piperidine rings is 1. The highest BCUT2D eigenvalue weighted by molar-refractivity contribution is 5.76. The molecule has 2 rings (SSSR count). The van der Waals surface area contributed by atoms with E-state index >= 15 is 0 Å². The van der Waals surface area contributed by atoms with Gasteiger partial charge in [0.1, 0.15) is 5.82 Å². The number of nitrogens with two attached hydrogens (primary N) is 2. The summed E-state index contributed by atoms with van der Waals surface area (Å²) in [5.41, 5.74) is 12.6. The van der Waals surface area contributed by atoms with Crippen LogP contribution in [0.2, 0.25) is 0 Å². The van der Waals surface area contributed by atoms with E-state index < -0.39 is 0 Å².